The third kappa shape index (κ3) is 0.441. The van der Waals surface area contributed by atoms with Crippen LogP contribution >= 0.6 is 0 Å². The number of hydrazone groups is 2. The summed E-state index contributed by atoms with van der Waals surface area (Å²) < 4.78 is 0. The van der Waals surface area contributed by atoms with Crippen molar-refractivity contribution in [1.29, 1.82) is 0 Å². The van der Waals surface area contributed by atoms with Crippen LogP contribution in [-0.4, -0.2) is 24.1 Å². The Kier molecular flexibility index (Phi) is 0.664. The van der Waals surface area contributed by atoms with Gasteiger partial charge in [0.05, 0.1) is 6.54 Å². The summed E-state index contributed by atoms with van der Waals surface area (Å²) in [5.74, 6) is 0.528. The zero-order valence-electron chi connectivity index (χ0n) is 4.49. The van der Waals surface area contributed by atoms with Gasteiger partial charge < -0.3 is 0 Å². The van der Waals surface area contributed by atoms with Crippen LogP contribution < -0.4 is 0 Å². The van der Waals surface area contributed by atoms with E-state index in [-0.39, 0.29) is 0 Å². The zero-order valence-corrected chi connectivity index (χ0v) is 4.49. The molecule has 0 unspecified atom stereocenters. The van der Waals surface area contributed by atoms with Crippen molar-refractivity contribution >= 4 is 12.4 Å². The summed E-state index contributed by atoms with van der Waals surface area (Å²) in [7, 11) is 0. The van der Waals surface area contributed by atoms with E-state index < -0.39 is 0 Å². The van der Waals surface area contributed by atoms with E-state index >= 15 is 0 Å². The number of hydrogen-bond donors (Lipinski definition) is 0. The van der Waals surface area contributed by atoms with Crippen LogP contribution in [0.5, 0.6) is 0 Å². The highest BCUT2D eigenvalue weighted by molar-refractivity contribution is 5.84. The predicted molar refractivity (Wildman–Crippen MR) is 31.8 cm³/mol. The second-order valence-corrected chi connectivity index (χ2v) is 2.08. The summed E-state index contributed by atoms with van der Waals surface area (Å²) >= 11 is 0. The van der Waals surface area contributed by atoms with E-state index in [1.807, 2.05) is 12.4 Å². The molecule has 3 nitrogen and oxygen atoms in total. The van der Waals surface area contributed by atoms with Gasteiger partial charge in [0.25, 0.3) is 0 Å². The third-order valence-electron chi connectivity index (χ3n) is 1.45. The van der Waals surface area contributed by atoms with Gasteiger partial charge in [0, 0.05) is 18.3 Å². The molecule has 3 heterocycles. The molecule has 0 fully saturated rings. The number of fused-ring (bicyclic) bond motifs is 1. The minimum Gasteiger partial charge on any atom is -0.186 e. The van der Waals surface area contributed by atoms with Gasteiger partial charge in [0.1, 0.15) is 0 Å². The van der Waals surface area contributed by atoms with E-state index in [4.69, 9.17) is 0 Å². The molecule has 0 atom stereocenters. The monoisotopic (exact) mass is 109 g/mol. The average molecular weight is 109 g/mol. The van der Waals surface area contributed by atoms with Crippen LogP contribution in [0.3, 0.4) is 0 Å². The highest BCUT2D eigenvalue weighted by atomic mass is 15.7. The van der Waals surface area contributed by atoms with E-state index in [0.29, 0.717) is 5.92 Å². The molecule has 3 aliphatic rings. The van der Waals surface area contributed by atoms with Crippen molar-refractivity contribution in [3.63, 3.8) is 0 Å². The van der Waals surface area contributed by atoms with Crippen LogP contribution in [0.15, 0.2) is 10.2 Å². The first kappa shape index (κ1) is 4.06. The Morgan fingerprint density at radius 2 is 2.12 bits per heavy atom. The summed E-state index contributed by atoms with van der Waals surface area (Å²) in [6.07, 6.45) is 5.07. The number of nitrogens with zero attached hydrogens (tertiary/aromatic N) is 3. The Balaban J connectivity index is 2.31. The van der Waals surface area contributed by atoms with E-state index in [9.17, 15) is 0 Å². The molecule has 2 bridgehead atoms. The summed E-state index contributed by atoms with van der Waals surface area (Å²) in [5.41, 5.74) is 0. The van der Waals surface area contributed by atoms with Crippen molar-refractivity contribution in [1.82, 2.24) is 5.12 Å². The molecule has 0 spiro atoms. The molecule has 42 valence electrons. The quantitative estimate of drug-likeness (QED) is 0.439. The van der Waals surface area contributed by atoms with Crippen molar-refractivity contribution in [2.45, 2.75) is 6.42 Å². The molecule has 0 aromatic carbocycles. The second-order valence-electron chi connectivity index (χ2n) is 2.08. The van der Waals surface area contributed by atoms with Crippen molar-refractivity contribution in [2.75, 3.05) is 6.54 Å². The topological polar surface area (TPSA) is 28.0 Å². The maximum absolute atomic E-state index is 4.01. The molecule has 0 saturated heterocycles. The van der Waals surface area contributed by atoms with Gasteiger partial charge in [-0.3, -0.25) is 0 Å². The van der Waals surface area contributed by atoms with Gasteiger partial charge in [0.15, 0.2) is 0 Å². The molecular weight excluding hydrogens is 102 g/mol. The van der Waals surface area contributed by atoms with Crippen LogP contribution in [0.25, 0.3) is 0 Å². The van der Waals surface area contributed by atoms with Gasteiger partial charge in [-0.05, 0) is 6.42 Å². The molecule has 0 aromatic heterocycles. The smallest absolute Gasteiger partial charge is 0.0616 e. The summed E-state index contributed by atoms with van der Waals surface area (Å²) in [4.78, 5) is 0. The fourth-order valence-electron chi connectivity index (χ4n) is 0.923. The molecule has 0 amide bonds. The minimum absolute atomic E-state index is 0.528. The molecule has 3 rings (SSSR count). The van der Waals surface area contributed by atoms with Crippen molar-refractivity contribution < 1.29 is 0 Å². The van der Waals surface area contributed by atoms with Gasteiger partial charge in [-0.25, -0.2) is 0 Å². The zero-order chi connectivity index (χ0) is 5.40. The van der Waals surface area contributed by atoms with Crippen LogP contribution in [0.1, 0.15) is 6.42 Å². The Bertz CT molecular complexity index is 120. The average Bonchev–Trinajstić information content (AvgIpc) is 1.92. The lowest BCUT2D eigenvalue weighted by molar-refractivity contribution is 0.266. The fraction of sp³-hybridized carbons (Fsp3) is 0.600. The summed E-state index contributed by atoms with van der Waals surface area (Å²) in [6.45, 7) is 0.998. The van der Waals surface area contributed by atoms with Crippen molar-refractivity contribution in [2.24, 2.45) is 16.1 Å². The van der Waals surface area contributed by atoms with E-state index in [0.717, 1.165) is 6.54 Å². The predicted octanol–water partition coefficient (Wildman–Crippen LogP) is 0.293. The number of hydrogen-bond acceptors (Lipinski definition) is 3. The van der Waals surface area contributed by atoms with E-state index in [1.165, 1.54) is 6.42 Å². The third-order valence-corrected chi connectivity index (χ3v) is 1.45. The van der Waals surface area contributed by atoms with Gasteiger partial charge in [0.2, 0.25) is 0 Å². The van der Waals surface area contributed by atoms with Crippen LogP contribution in [0, 0.1) is 5.92 Å². The second kappa shape index (κ2) is 1.31. The molecule has 0 saturated carbocycles. The molecule has 3 heteroatoms. The molecule has 0 radical (unpaired) electrons. The highest BCUT2D eigenvalue weighted by Crippen LogP contribution is 2.12. The van der Waals surface area contributed by atoms with Crippen LogP contribution in [0.2, 0.25) is 0 Å². The fourth-order valence-corrected chi connectivity index (χ4v) is 0.923. The molecule has 8 heavy (non-hydrogen) atoms. The first-order valence-electron chi connectivity index (χ1n) is 2.81. The highest BCUT2D eigenvalue weighted by Gasteiger charge is 2.16. The van der Waals surface area contributed by atoms with Crippen molar-refractivity contribution in [3.8, 4) is 0 Å². The largest absolute Gasteiger partial charge is 0.186 e. The molecule has 3 aliphatic heterocycles. The lowest BCUT2D eigenvalue weighted by atomic mass is 10.1. The van der Waals surface area contributed by atoms with Crippen LogP contribution in [0.4, 0.5) is 0 Å². The Hall–Kier alpha value is -0.860. The SMILES string of the molecule is C1=NN2CCC1C=N2. The van der Waals surface area contributed by atoms with Gasteiger partial charge in [-0.2, -0.15) is 15.3 Å². The van der Waals surface area contributed by atoms with Crippen LogP contribution in [-0.2, 0) is 0 Å². The summed E-state index contributed by atoms with van der Waals surface area (Å²) in [6, 6.07) is 0. The first-order chi connectivity index (χ1) is 3.95. The standard InChI is InChI=1S/C5H7N3/c1-2-8-6-3-5(1)4-7-8/h3-5H,1-2H2. The lowest BCUT2D eigenvalue weighted by Gasteiger charge is -2.24. The normalized spacial score (nSPS) is 25.2. The minimum atomic E-state index is 0.528. The van der Waals surface area contributed by atoms with Gasteiger partial charge >= 0.3 is 0 Å². The molecular formula is C5H7N3. The summed E-state index contributed by atoms with van der Waals surface area (Å²) in [5, 5.41) is 9.74. The number of rotatable bonds is 0. The lowest BCUT2D eigenvalue weighted by Crippen LogP contribution is -2.29. The molecule has 0 N–H and O–H groups in total. The van der Waals surface area contributed by atoms with E-state index in [1.54, 1.807) is 5.12 Å². The van der Waals surface area contributed by atoms with E-state index in [2.05, 4.69) is 10.2 Å². The molecule has 0 aliphatic carbocycles. The van der Waals surface area contributed by atoms with Gasteiger partial charge in [-0.15, -0.1) is 0 Å². The Morgan fingerprint density at radius 3 is 2.25 bits per heavy atom. The Labute approximate surface area is 47.7 Å². The molecule has 0 aromatic rings. The maximum Gasteiger partial charge on any atom is 0.0616 e. The van der Waals surface area contributed by atoms with Gasteiger partial charge in [-0.1, -0.05) is 0 Å². The Morgan fingerprint density at radius 1 is 1.38 bits per heavy atom. The maximum atomic E-state index is 4.01. The first-order valence-corrected chi connectivity index (χ1v) is 2.81. The van der Waals surface area contributed by atoms with Crippen molar-refractivity contribution in [3.05, 3.63) is 0 Å².